The lowest BCUT2D eigenvalue weighted by molar-refractivity contribution is -0.137. The van der Waals surface area contributed by atoms with Gasteiger partial charge in [0, 0.05) is 13.6 Å². The van der Waals surface area contributed by atoms with Crippen molar-refractivity contribution >= 4 is 23.3 Å². The normalized spacial score (nSPS) is 11.3. The molecule has 0 atom stereocenters. The number of alkyl halides is 3. The van der Waals surface area contributed by atoms with Crippen LogP contribution < -0.4 is 10.2 Å². The number of aromatic nitrogens is 1. The van der Waals surface area contributed by atoms with Crippen molar-refractivity contribution in [2.24, 2.45) is 0 Å². The van der Waals surface area contributed by atoms with E-state index >= 15 is 0 Å². The Morgan fingerprint density at radius 3 is 2.60 bits per heavy atom. The van der Waals surface area contributed by atoms with Gasteiger partial charge in [-0.1, -0.05) is 18.5 Å². The molecule has 112 valence electrons. The first-order valence-electron chi connectivity index (χ1n) is 5.98. The van der Waals surface area contributed by atoms with Crippen LogP contribution >= 0.6 is 11.6 Å². The molecule has 4 nitrogen and oxygen atoms in total. The fraction of sp³-hybridized carbons (Fsp3) is 0.500. The lowest BCUT2D eigenvalue weighted by atomic mass is 10.2. The number of likely N-dealkylation sites (N-methyl/N-ethyl adjacent to an activating group) is 1. The van der Waals surface area contributed by atoms with Gasteiger partial charge < -0.3 is 10.2 Å². The average molecular weight is 310 g/mol. The smallest absolute Gasteiger partial charge is 0.358 e. The van der Waals surface area contributed by atoms with Crippen molar-refractivity contribution in [2.45, 2.75) is 19.5 Å². The summed E-state index contributed by atoms with van der Waals surface area (Å²) < 4.78 is 38.2. The summed E-state index contributed by atoms with van der Waals surface area (Å²) in [5, 5.41) is 2.16. The van der Waals surface area contributed by atoms with E-state index in [9.17, 15) is 18.0 Å². The number of nitrogens with zero attached hydrogens (tertiary/aromatic N) is 2. The summed E-state index contributed by atoms with van der Waals surface area (Å²) >= 11 is 5.63. The minimum atomic E-state index is -4.51. The molecule has 0 spiro atoms. The first-order chi connectivity index (χ1) is 9.27. The van der Waals surface area contributed by atoms with Crippen molar-refractivity contribution in [1.29, 1.82) is 0 Å². The first kappa shape index (κ1) is 16.6. The van der Waals surface area contributed by atoms with Gasteiger partial charge in [-0.15, -0.1) is 0 Å². The maximum Gasteiger partial charge on any atom is 0.416 e. The molecule has 8 heteroatoms. The quantitative estimate of drug-likeness (QED) is 0.851. The van der Waals surface area contributed by atoms with Crippen molar-refractivity contribution in [1.82, 2.24) is 10.3 Å². The van der Waals surface area contributed by atoms with Gasteiger partial charge in [0.1, 0.15) is 11.0 Å². The molecule has 20 heavy (non-hydrogen) atoms. The van der Waals surface area contributed by atoms with E-state index in [-0.39, 0.29) is 23.4 Å². The van der Waals surface area contributed by atoms with Gasteiger partial charge in [-0.25, -0.2) is 4.98 Å². The van der Waals surface area contributed by atoms with Gasteiger partial charge in [0.2, 0.25) is 5.91 Å². The Kier molecular flexibility index (Phi) is 5.62. The number of pyridine rings is 1. The molecule has 0 aliphatic heterocycles. The Bertz CT molecular complexity index is 480. The Hall–Kier alpha value is -1.50. The van der Waals surface area contributed by atoms with Gasteiger partial charge in [-0.2, -0.15) is 13.2 Å². The number of carbonyl (C=O) groups excluding carboxylic acids is 1. The number of halogens is 4. The van der Waals surface area contributed by atoms with E-state index in [1.807, 2.05) is 6.92 Å². The van der Waals surface area contributed by atoms with E-state index in [2.05, 4.69) is 10.3 Å². The van der Waals surface area contributed by atoms with Crippen molar-refractivity contribution < 1.29 is 18.0 Å². The number of amides is 1. The minimum Gasteiger partial charge on any atom is -0.358 e. The summed E-state index contributed by atoms with van der Waals surface area (Å²) in [5.74, 6) is -0.274. The predicted molar refractivity (Wildman–Crippen MR) is 70.8 cm³/mol. The van der Waals surface area contributed by atoms with Crippen molar-refractivity contribution in [3.8, 4) is 0 Å². The molecule has 0 fully saturated rings. The van der Waals surface area contributed by atoms with E-state index in [0.717, 1.165) is 12.1 Å². The summed E-state index contributed by atoms with van der Waals surface area (Å²) in [4.78, 5) is 16.7. The number of anilines is 1. The molecule has 1 N–H and O–H groups in total. The maximum absolute atomic E-state index is 12.7. The van der Waals surface area contributed by atoms with E-state index in [1.165, 1.54) is 11.9 Å². The Morgan fingerprint density at radius 1 is 1.45 bits per heavy atom. The van der Waals surface area contributed by atoms with Crippen LogP contribution in [0.15, 0.2) is 12.1 Å². The second-order valence-corrected chi connectivity index (χ2v) is 4.52. The summed E-state index contributed by atoms with van der Waals surface area (Å²) in [5.41, 5.74) is -0.884. The summed E-state index contributed by atoms with van der Waals surface area (Å²) in [6.07, 6.45) is -3.85. The Morgan fingerprint density at radius 2 is 2.10 bits per heavy atom. The molecule has 0 unspecified atom stereocenters. The molecule has 0 radical (unpaired) electrons. The molecule has 1 aromatic rings. The molecule has 1 rings (SSSR count). The number of nitrogens with one attached hydrogen (secondary N) is 1. The highest BCUT2D eigenvalue weighted by atomic mass is 35.5. The lowest BCUT2D eigenvalue weighted by Crippen LogP contribution is -2.36. The molecule has 0 bridgehead atoms. The van der Waals surface area contributed by atoms with Crippen LogP contribution in [0, 0.1) is 0 Å². The van der Waals surface area contributed by atoms with Crippen LogP contribution in [0.4, 0.5) is 19.0 Å². The summed E-state index contributed by atoms with van der Waals surface area (Å²) in [7, 11) is 1.46. The van der Waals surface area contributed by atoms with Gasteiger partial charge in [0.05, 0.1) is 12.1 Å². The minimum absolute atomic E-state index is 0.0373. The second kappa shape index (κ2) is 6.78. The van der Waals surface area contributed by atoms with Crippen LogP contribution in [-0.2, 0) is 11.0 Å². The SMILES string of the molecule is CCCN(CC(=O)NC)c1cc(C(F)(F)F)cc(Cl)n1. The zero-order chi connectivity index (χ0) is 15.3. The van der Waals surface area contributed by atoms with Crippen LogP contribution in [0.2, 0.25) is 5.15 Å². The zero-order valence-electron chi connectivity index (χ0n) is 11.1. The highest BCUT2D eigenvalue weighted by Gasteiger charge is 2.32. The number of hydrogen-bond acceptors (Lipinski definition) is 3. The predicted octanol–water partition coefficient (Wildman–Crippen LogP) is 2.72. The fourth-order valence-electron chi connectivity index (χ4n) is 1.61. The van der Waals surface area contributed by atoms with Crippen molar-refractivity contribution in [3.05, 3.63) is 22.8 Å². The van der Waals surface area contributed by atoms with Gasteiger partial charge in [0.15, 0.2) is 0 Å². The van der Waals surface area contributed by atoms with Crippen LogP contribution in [0.3, 0.4) is 0 Å². The first-order valence-corrected chi connectivity index (χ1v) is 6.36. The molecule has 0 saturated heterocycles. The zero-order valence-corrected chi connectivity index (χ0v) is 11.8. The molecule has 0 aliphatic rings. The third-order valence-corrected chi connectivity index (χ3v) is 2.73. The Balaban J connectivity index is 3.12. The largest absolute Gasteiger partial charge is 0.416 e. The fourth-order valence-corrected chi connectivity index (χ4v) is 1.81. The van der Waals surface area contributed by atoms with Crippen molar-refractivity contribution in [3.63, 3.8) is 0 Å². The van der Waals surface area contributed by atoms with E-state index < -0.39 is 11.7 Å². The topological polar surface area (TPSA) is 45.2 Å². The molecular formula is C12H15ClF3N3O. The van der Waals surface area contributed by atoms with Crippen LogP contribution in [0.5, 0.6) is 0 Å². The maximum atomic E-state index is 12.7. The third-order valence-electron chi connectivity index (χ3n) is 2.54. The van der Waals surface area contributed by atoms with Crippen LogP contribution in [0.1, 0.15) is 18.9 Å². The highest BCUT2D eigenvalue weighted by molar-refractivity contribution is 6.29. The van der Waals surface area contributed by atoms with Gasteiger partial charge in [-0.05, 0) is 18.6 Å². The highest BCUT2D eigenvalue weighted by Crippen LogP contribution is 2.32. The standard InChI is InChI=1S/C12H15ClF3N3O/c1-3-4-19(7-11(20)17-2)10-6-8(12(14,15)16)5-9(13)18-10/h5-6H,3-4,7H2,1-2H3,(H,17,20). The molecular weight excluding hydrogens is 295 g/mol. The van der Waals surface area contributed by atoms with E-state index in [4.69, 9.17) is 11.6 Å². The number of hydrogen-bond donors (Lipinski definition) is 1. The number of rotatable bonds is 5. The van der Waals surface area contributed by atoms with Crippen LogP contribution in [0.25, 0.3) is 0 Å². The molecule has 1 aromatic heterocycles. The average Bonchev–Trinajstić information content (AvgIpc) is 2.36. The van der Waals surface area contributed by atoms with E-state index in [0.29, 0.717) is 13.0 Å². The Labute approximate surface area is 119 Å². The summed E-state index contributed by atoms with van der Waals surface area (Å²) in [6, 6.07) is 1.65. The van der Waals surface area contributed by atoms with Gasteiger partial charge in [-0.3, -0.25) is 4.79 Å². The second-order valence-electron chi connectivity index (χ2n) is 4.13. The van der Waals surface area contributed by atoms with Crippen LogP contribution in [-0.4, -0.2) is 31.0 Å². The third kappa shape index (κ3) is 4.56. The summed E-state index contributed by atoms with van der Waals surface area (Å²) in [6.45, 7) is 2.18. The van der Waals surface area contributed by atoms with E-state index in [1.54, 1.807) is 0 Å². The van der Waals surface area contributed by atoms with Gasteiger partial charge in [0.25, 0.3) is 0 Å². The lowest BCUT2D eigenvalue weighted by Gasteiger charge is -2.23. The molecule has 0 aliphatic carbocycles. The van der Waals surface area contributed by atoms with Crippen molar-refractivity contribution in [2.75, 3.05) is 25.0 Å². The molecule has 1 amide bonds. The molecule has 1 heterocycles. The number of carbonyl (C=O) groups is 1. The molecule has 0 aromatic carbocycles. The van der Waals surface area contributed by atoms with Gasteiger partial charge >= 0.3 is 6.18 Å². The molecule has 0 saturated carbocycles. The monoisotopic (exact) mass is 309 g/mol.